The molecule has 0 fully saturated rings. The molecule has 0 aliphatic carbocycles. The quantitative estimate of drug-likeness (QED) is 0.737. The van der Waals surface area contributed by atoms with Crippen LogP contribution >= 0.6 is 0 Å². The van der Waals surface area contributed by atoms with Crippen molar-refractivity contribution in [2.75, 3.05) is 6.61 Å². The molecule has 1 aromatic heterocycles. The van der Waals surface area contributed by atoms with Crippen molar-refractivity contribution in [3.8, 4) is 0 Å². The van der Waals surface area contributed by atoms with Gasteiger partial charge in [0.1, 0.15) is 5.92 Å². The second-order valence-corrected chi connectivity index (χ2v) is 4.89. The van der Waals surface area contributed by atoms with Crippen LogP contribution in [0.4, 0.5) is 0 Å². The molecule has 0 spiro atoms. The van der Waals surface area contributed by atoms with Gasteiger partial charge >= 0.3 is 5.97 Å². The Morgan fingerprint density at radius 2 is 1.81 bits per heavy atom. The van der Waals surface area contributed by atoms with Gasteiger partial charge < -0.3 is 9.72 Å². The number of benzene rings is 2. The summed E-state index contributed by atoms with van der Waals surface area (Å²) in [5.74, 6) is -0.615. The fraction of sp³-hybridized carbons (Fsp3) is 0.167. The minimum atomic E-state index is -0.401. The minimum absolute atomic E-state index is 0.214. The number of H-pyrrole nitrogens is 1. The van der Waals surface area contributed by atoms with E-state index in [9.17, 15) is 4.79 Å². The van der Waals surface area contributed by atoms with Crippen molar-refractivity contribution in [2.45, 2.75) is 12.8 Å². The first-order valence-corrected chi connectivity index (χ1v) is 7.09. The maximum absolute atomic E-state index is 12.4. The van der Waals surface area contributed by atoms with Gasteiger partial charge in [-0.15, -0.1) is 0 Å². The van der Waals surface area contributed by atoms with E-state index in [1.807, 2.05) is 67.7 Å². The van der Waals surface area contributed by atoms with Gasteiger partial charge in [0.25, 0.3) is 0 Å². The predicted molar refractivity (Wildman–Crippen MR) is 83.2 cm³/mol. The SMILES string of the molecule is CCOC(=O)C(c1ccccc1)c1c[nH]c2ccccc12. The van der Waals surface area contributed by atoms with E-state index in [1.54, 1.807) is 0 Å². The maximum atomic E-state index is 12.4. The van der Waals surface area contributed by atoms with Gasteiger partial charge in [0, 0.05) is 17.1 Å². The van der Waals surface area contributed by atoms with Crippen LogP contribution in [0.2, 0.25) is 0 Å². The lowest BCUT2D eigenvalue weighted by molar-refractivity contribution is -0.143. The first-order valence-electron chi connectivity index (χ1n) is 7.09. The Hall–Kier alpha value is -2.55. The van der Waals surface area contributed by atoms with Gasteiger partial charge in [0.15, 0.2) is 0 Å². The lowest BCUT2D eigenvalue weighted by atomic mass is 9.91. The van der Waals surface area contributed by atoms with Gasteiger partial charge in [0.05, 0.1) is 6.61 Å². The third-order valence-electron chi connectivity index (χ3n) is 3.59. The zero-order valence-corrected chi connectivity index (χ0v) is 11.9. The molecule has 106 valence electrons. The summed E-state index contributed by atoms with van der Waals surface area (Å²) in [6.07, 6.45) is 1.90. The van der Waals surface area contributed by atoms with Gasteiger partial charge in [-0.1, -0.05) is 48.5 Å². The number of ether oxygens (including phenoxy) is 1. The van der Waals surface area contributed by atoms with Crippen molar-refractivity contribution < 1.29 is 9.53 Å². The normalized spacial score (nSPS) is 12.2. The van der Waals surface area contributed by atoms with Gasteiger partial charge in [-0.3, -0.25) is 4.79 Å². The molecule has 1 unspecified atom stereocenters. The smallest absolute Gasteiger partial charge is 0.317 e. The fourth-order valence-corrected chi connectivity index (χ4v) is 2.65. The average molecular weight is 279 g/mol. The zero-order valence-electron chi connectivity index (χ0n) is 11.9. The summed E-state index contributed by atoms with van der Waals surface area (Å²) in [6, 6.07) is 17.7. The molecule has 0 aliphatic rings. The van der Waals surface area contributed by atoms with E-state index in [4.69, 9.17) is 4.74 Å². The van der Waals surface area contributed by atoms with Gasteiger partial charge in [-0.25, -0.2) is 0 Å². The van der Waals surface area contributed by atoms with Crippen molar-refractivity contribution in [1.82, 2.24) is 4.98 Å². The maximum Gasteiger partial charge on any atom is 0.317 e. The molecule has 3 heteroatoms. The number of aromatic nitrogens is 1. The van der Waals surface area contributed by atoms with Crippen LogP contribution < -0.4 is 0 Å². The molecule has 21 heavy (non-hydrogen) atoms. The number of fused-ring (bicyclic) bond motifs is 1. The van der Waals surface area contributed by atoms with Crippen molar-refractivity contribution in [3.63, 3.8) is 0 Å². The van der Waals surface area contributed by atoms with E-state index in [0.717, 1.165) is 22.0 Å². The molecule has 0 amide bonds. The molecule has 3 nitrogen and oxygen atoms in total. The third-order valence-corrected chi connectivity index (χ3v) is 3.59. The molecular formula is C18H17NO2. The number of carbonyl (C=O) groups excluding carboxylic acids is 1. The van der Waals surface area contributed by atoms with E-state index in [1.165, 1.54) is 0 Å². The largest absolute Gasteiger partial charge is 0.465 e. The van der Waals surface area contributed by atoms with Gasteiger partial charge in [0.2, 0.25) is 0 Å². The highest BCUT2D eigenvalue weighted by molar-refractivity contribution is 5.92. The lowest BCUT2D eigenvalue weighted by Gasteiger charge is -2.15. The summed E-state index contributed by atoms with van der Waals surface area (Å²) in [5.41, 5.74) is 2.92. The molecule has 0 saturated carbocycles. The first kappa shape index (κ1) is 13.4. The Morgan fingerprint density at radius 1 is 1.10 bits per heavy atom. The molecule has 0 bridgehead atoms. The van der Waals surface area contributed by atoms with E-state index in [0.29, 0.717) is 6.61 Å². The van der Waals surface area contributed by atoms with Crippen molar-refractivity contribution >= 4 is 16.9 Å². The first-order chi connectivity index (χ1) is 10.3. The molecule has 3 rings (SSSR count). The number of aromatic amines is 1. The molecule has 0 radical (unpaired) electrons. The second kappa shape index (κ2) is 5.83. The van der Waals surface area contributed by atoms with Crippen LogP contribution in [0, 0.1) is 0 Å². The topological polar surface area (TPSA) is 42.1 Å². The number of nitrogens with one attached hydrogen (secondary N) is 1. The van der Waals surface area contributed by atoms with Crippen LogP contribution in [0.15, 0.2) is 60.8 Å². The molecule has 0 aliphatic heterocycles. The van der Waals surface area contributed by atoms with Crippen molar-refractivity contribution in [2.24, 2.45) is 0 Å². The van der Waals surface area contributed by atoms with Crippen LogP contribution in [0.1, 0.15) is 24.0 Å². The van der Waals surface area contributed by atoms with E-state index >= 15 is 0 Å². The molecule has 2 aromatic carbocycles. The standard InChI is InChI=1S/C18H17NO2/c1-2-21-18(20)17(13-8-4-3-5-9-13)15-12-19-16-11-7-6-10-14(15)16/h3-12,17,19H,2H2,1H3. The highest BCUT2D eigenvalue weighted by Crippen LogP contribution is 2.31. The predicted octanol–water partition coefficient (Wildman–Crippen LogP) is 3.86. The Morgan fingerprint density at radius 3 is 2.57 bits per heavy atom. The Kier molecular flexibility index (Phi) is 3.73. The Balaban J connectivity index is 2.13. The number of esters is 1. The molecule has 1 atom stereocenters. The van der Waals surface area contributed by atoms with Crippen LogP contribution in [0.25, 0.3) is 10.9 Å². The third kappa shape index (κ3) is 2.55. The fourth-order valence-electron chi connectivity index (χ4n) is 2.65. The number of carbonyl (C=O) groups is 1. The number of rotatable bonds is 4. The lowest BCUT2D eigenvalue weighted by Crippen LogP contribution is -2.17. The summed E-state index contributed by atoms with van der Waals surface area (Å²) < 4.78 is 5.28. The van der Waals surface area contributed by atoms with Crippen LogP contribution in [-0.4, -0.2) is 17.6 Å². The molecule has 3 aromatic rings. The van der Waals surface area contributed by atoms with E-state index in [2.05, 4.69) is 4.98 Å². The molecule has 0 saturated heterocycles. The Bertz CT molecular complexity index is 746. The summed E-state index contributed by atoms with van der Waals surface area (Å²) >= 11 is 0. The summed E-state index contributed by atoms with van der Waals surface area (Å²) in [6.45, 7) is 2.21. The van der Waals surface area contributed by atoms with Crippen LogP contribution in [-0.2, 0) is 9.53 Å². The molecule has 1 heterocycles. The van der Waals surface area contributed by atoms with Crippen molar-refractivity contribution in [3.05, 3.63) is 71.9 Å². The van der Waals surface area contributed by atoms with Crippen LogP contribution in [0.5, 0.6) is 0 Å². The summed E-state index contributed by atoms with van der Waals surface area (Å²) in [7, 11) is 0. The van der Waals surface area contributed by atoms with E-state index in [-0.39, 0.29) is 5.97 Å². The number of para-hydroxylation sites is 1. The monoisotopic (exact) mass is 279 g/mol. The van der Waals surface area contributed by atoms with Gasteiger partial charge in [-0.2, -0.15) is 0 Å². The average Bonchev–Trinajstić information content (AvgIpc) is 2.93. The molecular weight excluding hydrogens is 262 g/mol. The zero-order chi connectivity index (χ0) is 14.7. The van der Waals surface area contributed by atoms with E-state index < -0.39 is 5.92 Å². The minimum Gasteiger partial charge on any atom is -0.465 e. The second-order valence-electron chi connectivity index (χ2n) is 4.89. The Labute approximate surface area is 123 Å². The molecule has 1 N–H and O–H groups in total. The highest BCUT2D eigenvalue weighted by atomic mass is 16.5. The van der Waals surface area contributed by atoms with Crippen molar-refractivity contribution in [1.29, 1.82) is 0 Å². The highest BCUT2D eigenvalue weighted by Gasteiger charge is 2.26. The van der Waals surface area contributed by atoms with Gasteiger partial charge in [-0.05, 0) is 24.1 Å². The number of hydrogen-bond donors (Lipinski definition) is 1. The summed E-state index contributed by atoms with van der Waals surface area (Å²) in [5, 5.41) is 1.06. The number of hydrogen-bond acceptors (Lipinski definition) is 2. The van der Waals surface area contributed by atoms with Crippen LogP contribution in [0.3, 0.4) is 0 Å². The summed E-state index contributed by atoms with van der Waals surface area (Å²) in [4.78, 5) is 15.7.